The van der Waals surface area contributed by atoms with Crippen molar-refractivity contribution in [1.82, 2.24) is 9.80 Å². The lowest BCUT2D eigenvalue weighted by molar-refractivity contribution is -0.159. The van der Waals surface area contributed by atoms with Crippen LogP contribution in [0.15, 0.2) is 54.6 Å². The molecule has 1 amide bonds. The van der Waals surface area contributed by atoms with Gasteiger partial charge in [0.1, 0.15) is 5.82 Å². The summed E-state index contributed by atoms with van der Waals surface area (Å²) in [5, 5.41) is 14.8. The fourth-order valence-corrected chi connectivity index (χ4v) is 3.26. The highest BCUT2D eigenvalue weighted by Gasteiger charge is 2.21. The van der Waals surface area contributed by atoms with Gasteiger partial charge in [0.15, 0.2) is 0 Å². The van der Waals surface area contributed by atoms with Crippen molar-refractivity contribution in [2.75, 3.05) is 32.7 Å². The molecule has 0 unspecified atom stereocenters. The molecule has 166 valence electrons. The summed E-state index contributed by atoms with van der Waals surface area (Å²) in [6.45, 7) is 4.41. The van der Waals surface area contributed by atoms with Crippen molar-refractivity contribution in [3.05, 3.63) is 71.5 Å². The SMILES string of the molecule is O=C(O)C(=O)O.O=C(c1ccc(F)cc1)N1CCN(CCCCc2ccccc2)CC1. The van der Waals surface area contributed by atoms with Crippen LogP contribution in [0.4, 0.5) is 4.39 Å². The van der Waals surface area contributed by atoms with E-state index < -0.39 is 11.9 Å². The Morgan fingerprint density at radius 3 is 1.94 bits per heavy atom. The van der Waals surface area contributed by atoms with Gasteiger partial charge >= 0.3 is 11.9 Å². The van der Waals surface area contributed by atoms with Crippen molar-refractivity contribution >= 4 is 17.8 Å². The minimum absolute atomic E-state index is 0.00345. The van der Waals surface area contributed by atoms with E-state index in [2.05, 4.69) is 35.2 Å². The first-order valence-electron chi connectivity index (χ1n) is 10.1. The summed E-state index contributed by atoms with van der Waals surface area (Å²) < 4.78 is 13.0. The number of carbonyl (C=O) groups excluding carboxylic acids is 1. The molecule has 1 fully saturated rings. The molecule has 0 spiro atoms. The second kappa shape index (κ2) is 12.4. The van der Waals surface area contributed by atoms with E-state index in [1.165, 1.54) is 30.5 Å². The van der Waals surface area contributed by atoms with Gasteiger partial charge in [-0.3, -0.25) is 9.69 Å². The zero-order valence-corrected chi connectivity index (χ0v) is 17.2. The van der Waals surface area contributed by atoms with Crippen molar-refractivity contribution in [3.8, 4) is 0 Å². The molecule has 1 aliphatic heterocycles. The average Bonchev–Trinajstić information content (AvgIpc) is 2.78. The third-order valence-corrected chi connectivity index (χ3v) is 4.97. The van der Waals surface area contributed by atoms with E-state index in [9.17, 15) is 9.18 Å². The van der Waals surface area contributed by atoms with Crippen LogP contribution in [0, 0.1) is 5.82 Å². The van der Waals surface area contributed by atoms with Gasteiger partial charge in [-0.15, -0.1) is 0 Å². The standard InChI is InChI=1S/C21H25FN2O.C2H2O4/c22-20-11-9-19(10-12-20)21(25)24-16-14-23(15-17-24)13-5-4-8-18-6-2-1-3-7-18;3-1(4)2(5)6/h1-3,6-7,9-12H,4-5,8,13-17H2;(H,3,4)(H,5,6). The first-order valence-corrected chi connectivity index (χ1v) is 10.1. The number of carboxylic acids is 2. The van der Waals surface area contributed by atoms with Crippen LogP contribution in [0.2, 0.25) is 0 Å². The largest absolute Gasteiger partial charge is 0.473 e. The molecule has 0 saturated carbocycles. The average molecular weight is 430 g/mol. The topological polar surface area (TPSA) is 98.1 Å². The molecular formula is C23H27FN2O5. The summed E-state index contributed by atoms with van der Waals surface area (Å²) >= 11 is 0. The van der Waals surface area contributed by atoms with Gasteiger partial charge in [0.2, 0.25) is 0 Å². The fourth-order valence-electron chi connectivity index (χ4n) is 3.26. The van der Waals surface area contributed by atoms with E-state index in [1.807, 2.05) is 4.90 Å². The first kappa shape index (κ1) is 24.0. The van der Waals surface area contributed by atoms with E-state index >= 15 is 0 Å². The molecule has 2 N–H and O–H groups in total. The van der Waals surface area contributed by atoms with Gasteiger partial charge in [-0.25, -0.2) is 14.0 Å². The second-order valence-corrected chi connectivity index (χ2v) is 7.19. The normalized spacial score (nSPS) is 13.8. The van der Waals surface area contributed by atoms with Crippen LogP contribution in [-0.4, -0.2) is 70.6 Å². The van der Waals surface area contributed by atoms with E-state index in [0.717, 1.165) is 39.1 Å². The van der Waals surface area contributed by atoms with Crippen LogP contribution >= 0.6 is 0 Å². The number of carboxylic acid groups (broad SMARTS) is 2. The number of halogens is 1. The highest BCUT2D eigenvalue weighted by molar-refractivity contribution is 6.27. The number of rotatable bonds is 6. The highest BCUT2D eigenvalue weighted by atomic mass is 19.1. The van der Waals surface area contributed by atoms with Crippen LogP contribution in [0.3, 0.4) is 0 Å². The van der Waals surface area contributed by atoms with Gasteiger partial charge < -0.3 is 15.1 Å². The summed E-state index contributed by atoms with van der Waals surface area (Å²) in [4.78, 5) is 34.9. The molecule has 2 aromatic rings. The van der Waals surface area contributed by atoms with E-state index in [0.29, 0.717) is 5.56 Å². The fraction of sp³-hybridized carbons (Fsp3) is 0.348. The maximum Gasteiger partial charge on any atom is 0.414 e. The summed E-state index contributed by atoms with van der Waals surface area (Å²) in [6, 6.07) is 16.4. The summed E-state index contributed by atoms with van der Waals surface area (Å²) in [6.07, 6.45) is 3.50. The predicted octanol–water partition coefficient (Wildman–Crippen LogP) is 2.76. The van der Waals surface area contributed by atoms with Gasteiger partial charge in [-0.2, -0.15) is 0 Å². The summed E-state index contributed by atoms with van der Waals surface area (Å²) in [5.74, 6) is -3.95. The number of aryl methyl sites for hydroxylation is 1. The maximum atomic E-state index is 13.0. The Labute approximate surface area is 180 Å². The van der Waals surface area contributed by atoms with Crippen LogP contribution in [0.25, 0.3) is 0 Å². The Morgan fingerprint density at radius 1 is 0.806 bits per heavy atom. The molecule has 2 aromatic carbocycles. The molecule has 1 aliphatic rings. The molecule has 0 aliphatic carbocycles. The minimum Gasteiger partial charge on any atom is -0.473 e. The molecule has 0 bridgehead atoms. The van der Waals surface area contributed by atoms with Gasteiger partial charge in [-0.05, 0) is 55.6 Å². The van der Waals surface area contributed by atoms with Crippen molar-refractivity contribution < 1.29 is 29.0 Å². The molecule has 0 atom stereocenters. The lowest BCUT2D eigenvalue weighted by Gasteiger charge is -2.34. The number of piperazine rings is 1. The third-order valence-electron chi connectivity index (χ3n) is 4.97. The van der Waals surface area contributed by atoms with Crippen molar-refractivity contribution in [2.24, 2.45) is 0 Å². The summed E-state index contributed by atoms with van der Waals surface area (Å²) in [7, 11) is 0. The molecule has 0 radical (unpaired) electrons. The lowest BCUT2D eigenvalue weighted by Crippen LogP contribution is -2.48. The van der Waals surface area contributed by atoms with Crippen molar-refractivity contribution in [2.45, 2.75) is 19.3 Å². The van der Waals surface area contributed by atoms with E-state index in [1.54, 1.807) is 12.1 Å². The molecular weight excluding hydrogens is 403 g/mol. The predicted molar refractivity (Wildman–Crippen MR) is 113 cm³/mol. The molecule has 8 heteroatoms. The smallest absolute Gasteiger partial charge is 0.414 e. The maximum absolute atomic E-state index is 13.0. The van der Waals surface area contributed by atoms with E-state index in [-0.39, 0.29) is 11.7 Å². The zero-order chi connectivity index (χ0) is 22.6. The minimum atomic E-state index is -1.82. The van der Waals surface area contributed by atoms with Crippen LogP contribution < -0.4 is 0 Å². The van der Waals surface area contributed by atoms with Gasteiger partial charge in [0.25, 0.3) is 5.91 Å². The summed E-state index contributed by atoms with van der Waals surface area (Å²) in [5.41, 5.74) is 1.97. The van der Waals surface area contributed by atoms with E-state index in [4.69, 9.17) is 19.8 Å². The molecule has 31 heavy (non-hydrogen) atoms. The highest BCUT2D eigenvalue weighted by Crippen LogP contribution is 2.11. The number of aliphatic carboxylic acids is 2. The van der Waals surface area contributed by atoms with Gasteiger partial charge in [0.05, 0.1) is 0 Å². The van der Waals surface area contributed by atoms with Gasteiger partial charge in [-0.1, -0.05) is 30.3 Å². The Hall–Kier alpha value is -3.26. The van der Waals surface area contributed by atoms with Crippen LogP contribution in [0.5, 0.6) is 0 Å². The Kier molecular flexibility index (Phi) is 9.64. The number of carbonyl (C=O) groups is 3. The third kappa shape index (κ3) is 8.55. The Balaban J connectivity index is 0.000000501. The monoisotopic (exact) mass is 430 g/mol. The van der Waals surface area contributed by atoms with Gasteiger partial charge in [0, 0.05) is 31.7 Å². The van der Waals surface area contributed by atoms with Crippen molar-refractivity contribution in [1.29, 1.82) is 0 Å². The Morgan fingerprint density at radius 2 is 1.39 bits per heavy atom. The number of amides is 1. The first-order chi connectivity index (χ1) is 14.9. The Bertz CT molecular complexity index is 838. The molecule has 0 aromatic heterocycles. The zero-order valence-electron chi connectivity index (χ0n) is 17.2. The second-order valence-electron chi connectivity index (χ2n) is 7.19. The molecule has 3 rings (SSSR count). The lowest BCUT2D eigenvalue weighted by atomic mass is 10.1. The van der Waals surface area contributed by atoms with Crippen LogP contribution in [-0.2, 0) is 16.0 Å². The number of benzene rings is 2. The molecule has 1 heterocycles. The molecule has 1 saturated heterocycles. The number of nitrogens with zero attached hydrogens (tertiary/aromatic N) is 2. The number of hydrogen-bond acceptors (Lipinski definition) is 4. The molecule has 7 nitrogen and oxygen atoms in total. The number of unbranched alkanes of at least 4 members (excludes halogenated alkanes) is 1. The van der Waals surface area contributed by atoms with Crippen molar-refractivity contribution in [3.63, 3.8) is 0 Å². The quantitative estimate of drug-likeness (QED) is 0.540. The number of hydrogen-bond donors (Lipinski definition) is 2. The van der Waals surface area contributed by atoms with Crippen LogP contribution in [0.1, 0.15) is 28.8 Å².